The van der Waals surface area contributed by atoms with Gasteiger partial charge in [-0.3, -0.25) is 48.4 Å². The topological polar surface area (TPSA) is 280 Å². The average molecular weight is 1170 g/mol. The Balaban J connectivity index is 0.00000125. The van der Waals surface area contributed by atoms with Crippen LogP contribution in [-0.2, 0) is 52.6 Å². The second kappa shape index (κ2) is 34.8. The highest BCUT2D eigenvalue weighted by Crippen LogP contribution is 2.27. The molecule has 0 aliphatic carbocycles. The van der Waals surface area contributed by atoms with Gasteiger partial charge in [0.2, 0.25) is 25.3 Å². The van der Waals surface area contributed by atoms with Crippen molar-refractivity contribution in [3.05, 3.63) is 25.3 Å². The van der Waals surface area contributed by atoms with Crippen molar-refractivity contribution >= 4 is 123 Å². The maximum Gasteiger partial charge on any atom is 0.408 e. The van der Waals surface area contributed by atoms with Crippen molar-refractivity contribution in [2.45, 2.75) is 176 Å². The molecule has 0 aromatic heterocycles. The Hall–Kier alpha value is -3.83. The highest BCUT2D eigenvalue weighted by molar-refractivity contribution is 6.68. The summed E-state index contributed by atoms with van der Waals surface area (Å²) in [7, 11) is 0. The molecule has 0 saturated carbocycles. The first-order valence-electron chi connectivity index (χ1n) is 24.1. The molecule has 21 nitrogen and oxygen atoms in total. The SMILES string of the molecule is C=CCCCC(=O)N[C@H](C(=O)N[C@@H](C)C(=O)N1CCC[C@@H](C(=O)OCC(Cl)(Cl)Cl)N1)C(C)C.C=CCCCC(=O)O.CC(C)[C@H](NC(=O)OC(C)(C)C)C(=O)N[C@@H](C)C(=O)N1CCC[C@@H](C(=O)OCC(Cl)(Cl)Cl)N1. The minimum absolute atomic E-state index is 0.180. The van der Waals surface area contributed by atoms with E-state index in [2.05, 4.69) is 45.3 Å². The number of hydrogen-bond donors (Lipinski definition) is 7. The lowest BCUT2D eigenvalue weighted by molar-refractivity contribution is -0.154. The molecule has 27 heteroatoms. The molecule has 0 radical (unpaired) electrons. The van der Waals surface area contributed by atoms with Crippen LogP contribution < -0.4 is 32.1 Å². The van der Waals surface area contributed by atoms with Gasteiger partial charge in [-0.2, -0.15) is 0 Å². The quantitative estimate of drug-likeness (QED) is 0.0207. The van der Waals surface area contributed by atoms with E-state index in [-0.39, 0.29) is 30.6 Å². The fourth-order valence-corrected chi connectivity index (χ4v) is 6.82. The number of amides is 6. The zero-order valence-electron chi connectivity index (χ0n) is 43.6. The van der Waals surface area contributed by atoms with E-state index in [4.69, 9.17) is 88.9 Å². The summed E-state index contributed by atoms with van der Waals surface area (Å²) in [4.78, 5) is 110. The van der Waals surface area contributed by atoms with E-state index in [0.717, 1.165) is 6.42 Å². The van der Waals surface area contributed by atoms with Crippen LogP contribution in [0, 0.1) is 11.8 Å². The number of nitrogens with one attached hydrogen (secondary N) is 6. The molecule has 2 fully saturated rings. The van der Waals surface area contributed by atoms with Crippen molar-refractivity contribution in [2.75, 3.05) is 26.3 Å². The van der Waals surface area contributed by atoms with Crippen LogP contribution in [-0.4, -0.2) is 144 Å². The predicted octanol–water partition coefficient (Wildman–Crippen LogP) is 6.27. The molecular formula is C47H76Cl6N8O13. The van der Waals surface area contributed by atoms with Gasteiger partial charge in [-0.25, -0.2) is 15.6 Å². The second-order valence-electron chi connectivity index (χ2n) is 18.9. The molecule has 0 unspecified atom stereocenters. The summed E-state index contributed by atoms with van der Waals surface area (Å²) in [6.07, 6.45) is 8.06. The number of alkyl halides is 6. The van der Waals surface area contributed by atoms with Crippen molar-refractivity contribution in [1.29, 1.82) is 0 Å². The van der Waals surface area contributed by atoms with Gasteiger partial charge in [-0.05, 0) is 97.8 Å². The van der Waals surface area contributed by atoms with E-state index in [9.17, 15) is 43.2 Å². The van der Waals surface area contributed by atoms with Gasteiger partial charge < -0.3 is 40.6 Å². The summed E-state index contributed by atoms with van der Waals surface area (Å²) in [5, 5.41) is 21.2. The number of carboxylic acids is 1. The minimum Gasteiger partial charge on any atom is -0.481 e. The summed E-state index contributed by atoms with van der Waals surface area (Å²) in [6.45, 7) is 22.2. The molecule has 6 atom stereocenters. The fourth-order valence-electron chi connectivity index (χ4n) is 6.49. The Labute approximate surface area is 464 Å². The van der Waals surface area contributed by atoms with Crippen LogP contribution in [0.5, 0.6) is 0 Å². The number of hydrazine groups is 2. The number of carboxylic acid groups (broad SMARTS) is 1. The summed E-state index contributed by atoms with van der Waals surface area (Å²) in [5.41, 5.74) is 4.88. The van der Waals surface area contributed by atoms with Crippen LogP contribution in [0.2, 0.25) is 0 Å². The number of rotatable bonds is 22. The molecule has 0 spiro atoms. The molecule has 74 heavy (non-hydrogen) atoms. The standard InChI is InChI=1S/C21H33Cl3N4O5.C20H33Cl3N4O6.C6H10O2/c1-5-6-7-10-16(29)26-17(13(2)3)18(30)25-14(4)19(31)28-11-8-9-15(27-28)20(32)33-12-21(22,23)24;1-11(2)14(25-18(31)33-19(4,5)6)15(28)24-12(3)16(29)27-9-7-8-13(26-27)17(30)32-10-20(21,22)23;1-2-3-4-5-6(7)8/h5,13-15,17,27H,1,6-12H2,2-4H3,(H,25,30)(H,26,29);11-14,26H,7-10H2,1-6H3,(H,24,28)(H,25,31);2H,1,3-5H2,(H,7,8)/t14-,15-,17-;12-,13-,14-;/m00./s1. The smallest absolute Gasteiger partial charge is 0.408 e. The van der Waals surface area contributed by atoms with Crippen LogP contribution in [0.15, 0.2) is 25.3 Å². The summed E-state index contributed by atoms with van der Waals surface area (Å²) >= 11 is 33.6. The van der Waals surface area contributed by atoms with Gasteiger partial charge in [0.05, 0.1) is 0 Å². The lowest BCUT2D eigenvalue weighted by Crippen LogP contribution is -2.61. The Kier molecular flexibility index (Phi) is 33.0. The highest BCUT2D eigenvalue weighted by atomic mass is 35.6. The normalized spacial score (nSPS) is 17.5. The number of nitrogens with zero attached hydrogens (tertiary/aromatic N) is 2. The number of halogens is 6. The lowest BCUT2D eigenvalue weighted by atomic mass is 10.0. The van der Waals surface area contributed by atoms with Gasteiger partial charge in [0.1, 0.15) is 55.1 Å². The van der Waals surface area contributed by atoms with E-state index < -0.39 is 110 Å². The van der Waals surface area contributed by atoms with Gasteiger partial charge in [0, 0.05) is 25.9 Å². The number of hydrogen-bond acceptors (Lipinski definition) is 14. The van der Waals surface area contributed by atoms with Crippen molar-refractivity contribution in [2.24, 2.45) is 11.8 Å². The molecule has 2 rings (SSSR count). The molecule has 2 aliphatic rings. The third-order valence-electron chi connectivity index (χ3n) is 10.2. The van der Waals surface area contributed by atoms with Crippen molar-refractivity contribution in [1.82, 2.24) is 42.1 Å². The molecule has 2 heterocycles. The molecule has 0 aromatic carbocycles. The number of alkyl carbamates (subject to hydrolysis) is 1. The third-order valence-corrected chi connectivity index (χ3v) is 10.8. The van der Waals surface area contributed by atoms with E-state index in [1.165, 1.54) is 23.9 Å². The predicted molar refractivity (Wildman–Crippen MR) is 284 cm³/mol. The average Bonchev–Trinajstić information content (AvgIpc) is 3.29. The van der Waals surface area contributed by atoms with E-state index in [1.807, 2.05) is 0 Å². The Morgan fingerprint density at radius 3 is 1.35 bits per heavy atom. The summed E-state index contributed by atoms with van der Waals surface area (Å²) in [5.74, 6) is -4.59. The van der Waals surface area contributed by atoms with Crippen LogP contribution in [0.25, 0.3) is 0 Å². The first kappa shape index (κ1) is 70.2. The second-order valence-corrected chi connectivity index (χ2v) is 24.0. The third kappa shape index (κ3) is 31.3. The van der Waals surface area contributed by atoms with E-state index in [1.54, 1.807) is 60.6 Å². The zero-order valence-corrected chi connectivity index (χ0v) is 48.1. The lowest BCUT2D eigenvalue weighted by Gasteiger charge is -2.34. The number of allylic oxidation sites excluding steroid dienone is 2. The van der Waals surface area contributed by atoms with Gasteiger partial charge in [0.15, 0.2) is 0 Å². The molecule has 0 bridgehead atoms. The summed E-state index contributed by atoms with van der Waals surface area (Å²) < 4.78 is 11.7. The Bertz CT molecular complexity index is 1880. The van der Waals surface area contributed by atoms with Gasteiger partial charge in [-0.15, -0.1) is 13.2 Å². The number of carbonyl (C=O) groups excluding carboxylic acids is 8. The monoisotopic (exact) mass is 1170 g/mol. The zero-order chi connectivity index (χ0) is 57.1. The van der Waals surface area contributed by atoms with Crippen molar-refractivity contribution < 1.29 is 62.5 Å². The Morgan fingerprint density at radius 1 is 0.635 bits per heavy atom. The van der Waals surface area contributed by atoms with Crippen LogP contribution >= 0.6 is 69.6 Å². The van der Waals surface area contributed by atoms with E-state index in [0.29, 0.717) is 58.0 Å². The van der Waals surface area contributed by atoms with Gasteiger partial charge in [-0.1, -0.05) is 109 Å². The Morgan fingerprint density at radius 2 is 1.01 bits per heavy atom. The first-order valence-corrected chi connectivity index (χ1v) is 26.3. The van der Waals surface area contributed by atoms with Gasteiger partial charge >= 0.3 is 24.0 Å². The van der Waals surface area contributed by atoms with Crippen LogP contribution in [0.1, 0.15) is 127 Å². The highest BCUT2D eigenvalue weighted by Gasteiger charge is 2.36. The summed E-state index contributed by atoms with van der Waals surface area (Å²) in [6, 6.07) is -5.08. The van der Waals surface area contributed by atoms with Crippen LogP contribution in [0.3, 0.4) is 0 Å². The molecule has 6 amide bonds. The maximum atomic E-state index is 12.8. The van der Waals surface area contributed by atoms with Crippen molar-refractivity contribution in [3.8, 4) is 0 Å². The van der Waals surface area contributed by atoms with Crippen molar-refractivity contribution in [3.63, 3.8) is 0 Å². The number of carbonyl (C=O) groups is 9. The first-order chi connectivity index (χ1) is 34.1. The number of unbranched alkanes of at least 4 members (excludes halogenated alkanes) is 2. The van der Waals surface area contributed by atoms with Crippen LogP contribution in [0.4, 0.5) is 4.79 Å². The molecule has 424 valence electrons. The largest absolute Gasteiger partial charge is 0.481 e. The minimum atomic E-state index is -1.74. The fraction of sp³-hybridized carbons (Fsp3) is 0.723. The molecular weight excluding hydrogens is 1100 g/mol. The number of ether oxygens (including phenoxy) is 3. The van der Waals surface area contributed by atoms with E-state index >= 15 is 0 Å². The molecule has 2 aliphatic heterocycles. The molecule has 0 aromatic rings. The van der Waals surface area contributed by atoms with Gasteiger partial charge in [0.25, 0.3) is 11.8 Å². The number of esters is 2. The number of aliphatic carboxylic acids is 1. The molecule has 7 N–H and O–H groups in total. The molecule has 2 saturated heterocycles. The maximum absolute atomic E-state index is 12.8.